The van der Waals surface area contributed by atoms with Crippen LogP contribution < -0.4 is 20.3 Å². The maximum absolute atomic E-state index is 12.8. The summed E-state index contributed by atoms with van der Waals surface area (Å²) in [5, 5.41) is 10.5. The molecule has 1 aromatic heterocycles. The van der Waals surface area contributed by atoms with Crippen molar-refractivity contribution in [1.29, 1.82) is 0 Å². The maximum Gasteiger partial charge on any atom is 0.416 e. The number of H-pyrrole nitrogens is 1. The van der Waals surface area contributed by atoms with Crippen molar-refractivity contribution < 1.29 is 32.2 Å². The van der Waals surface area contributed by atoms with Gasteiger partial charge in [-0.3, -0.25) is 9.59 Å². The third-order valence-corrected chi connectivity index (χ3v) is 5.08. The highest BCUT2D eigenvalue weighted by Crippen LogP contribution is 2.31. The average Bonchev–Trinajstić information content (AvgIpc) is 2.86. The summed E-state index contributed by atoms with van der Waals surface area (Å²) in [4.78, 5) is 27.2. The quantitative estimate of drug-likeness (QED) is 0.384. The Hall–Kier alpha value is -3.93. The van der Waals surface area contributed by atoms with Gasteiger partial charge in [0, 0.05) is 32.1 Å². The molecule has 1 amide bonds. The summed E-state index contributed by atoms with van der Waals surface area (Å²) in [7, 11) is 3.05. The Morgan fingerprint density at radius 2 is 1.86 bits per heavy atom. The van der Waals surface area contributed by atoms with E-state index in [1.807, 2.05) is 0 Å². The Morgan fingerprint density at radius 1 is 1.06 bits per heavy atom. The van der Waals surface area contributed by atoms with Crippen molar-refractivity contribution in [2.75, 3.05) is 27.4 Å². The minimum atomic E-state index is -4.46. The van der Waals surface area contributed by atoms with Gasteiger partial charge in [-0.2, -0.15) is 13.2 Å². The van der Waals surface area contributed by atoms with Gasteiger partial charge in [0.25, 0.3) is 5.56 Å². The number of alkyl halides is 3. The van der Waals surface area contributed by atoms with Crippen molar-refractivity contribution in [2.45, 2.75) is 25.6 Å². The topological polar surface area (TPSA) is 115 Å². The summed E-state index contributed by atoms with van der Waals surface area (Å²) >= 11 is 0. The molecule has 192 valence electrons. The van der Waals surface area contributed by atoms with E-state index in [1.54, 1.807) is 25.3 Å². The van der Waals surface area contributed by atoms with E-state index in [9.17, 15) is 22.8 Å². The third kappa shape index (κ3) is 7.28. The van der Waals surface area contributed by atoms with Crippen LogP contribution in [-0.4, -0.2) is 48.5 Å². The van der Waals surface area contributed by atoms with E-state index in [-0.39, 0.29) is 30.9 Å². The van der Waals surface area contributed by atoms with E-state index in [0.29, 0.717) is 35.8 Å². The smallest absolute Gasteiger partial charge is 0.416 e. The molecule has 36 heavy (non-hydrogen) atoms. The number of halogens is 3. The van der Waals surface area contributed by atoms with E-state index in [4.69, 9.17) is 14.2 Å². The zero-order valence-corrected chi connectivity index (χ0v) is 19.6. The Kier molecular flexibility index (Phi) is 9.01. The first-order chi connectivity index (χ1) is 17.2. The van der Waals surface area contributed by atoms with E-state index in [0.717, 1.165) is 12.1 Å². The number of hydrogen-bond acceptors (Lipinski definition) is 7. The first kappa shape index (κ1) is 26.7. The molecule has 3 rings (SSSR count). The van der Waals surface area contributed by atoms with Gasteiger partial charge in [-0.05, 0) is 35.9 Å². The first-order valence-corrected chi connectivity index (χ1v) is 10.9. The fourth-order valence-corrected chi connectivity index (χ4v) is 3.20. The van der Waals surface area contributed by atoms with E-state index >= 15 is 0 Å². The summed E-state index contributed by atoms with van der Waals surface area (Å²) in [6, 6.07) is 9.70. The molecule has 0 atom stereocenters. The molecule has 9 nitrogen and oxygen atoms in total. The number of nitrogens with zero attached hydrogens (tertiary/aromatic N) is 2. The van der Waals surface area contributed by atoms with E-state index in [2.05, 4.69) is 20.5 Å². The highest BCUT2D eigenvalue weighted by Gasteiger charge is 2.30. The molecule has 2 N–H and O–H groups in total. The summed E-state index contributed by atoms with van der Waals surface area (Å²) < 4.78 is 54.3. The van der Waals surface area contributed by atoms with Crippen LogP contribution in [0, 0.1) is 0 Å². The Bertz CT molecular complexity index is 1250. The summed E-state index contributed by atoms with van der Waals surface area (Å²) in [6.07, 6.45) is -4.54. The summed E-state index contributed by atoms with van der Waals surface area (Å²) in [5.74, 6) is 0.708. The van der Waals surface area contributed by atoms with Crippen molar-refractivity contribution in [3.8, 4) is 22.9 Å². The number of carbonyl (C=O) groups excluding carboxylic acids is 1. The van der Waals surface area contributed by atoms with Gasteiger partial charge in [0.05, 0.1) is 19.3 Å². The molecule has 12 heteroatoms. The van der Waals surface area contributed by atoms with Gasteiger partial charge in [0.2, 0.25) is 5.91 Å². The van der Waals surface area contributed by atoms with Crippen LogP contribution >= 0.6 is 0 Å². The molecule has 0 aliphatic heterocycles. The van der Waals surface area contributed by atoms with Crippen molar-refractivity contribution in [2.24, 2.45) is 0 Å². The molecule has 0 spiro atoms. The molecular formula is C24H25F3N4O5. The third-order valence-electron chi connectivity index (χ3n) is 5.08. The molecular weight excluding hydrogens is 481 g/mol. The summed E-state index contributed by atoms with van der Waals surface area (Å²) in [6.45, 7) is 0.677. The van der Waals surface area contributed by atoms with Crippen LogP contribution in [0.15, 0.2) is 47.3 Å². The lowest BCUT2D eigenvalue weighted by molar-refractivity contribution is -0.137. The van der Waals surface area contributed by atoms with Gasteiger partial charge in [-0.25, -0.2) is 0 Å². The number of carbonyl (C=O) groups is 1. The second-order valence-electron chi connectivity index (χ2n) is 7.63. The zero-order chi connectivity index (χ0) is 26.1. The Morgan fingerprint density at radius 3 is 2.56 bits per heavy atom. The Balaban J connectivity index is 1.59. The highest BCUT2D eigenvalue weighted by molar-refractivity contribution is 5.76. The number of aromatic nitrogens is 3. The van der Waals surface area contributed by atoms with Crippen LogP contribution in [0.25, 0.3) is 11.4 Å². The number of amides is 1. The van der Waals surface area contributed by atoms with Gasteiger partial charge in [-0.1, -0.05) is 12.1 Å². The van der Waals surface area contributed by atoms with Gasteiger partial charge in [0.1, 0.15) is 12.3 Å². The van der Waals surface area contributed by atoms with Crippen molar-refractivity contribution in [1.82, 2.24) is 20.5 Å². The lowest BCUT2D eigenvalue weighted by Crippen LogP contribution is -2.25. The van der Waals surface area contributed by atoms with Crippen LogP contribution in [0.3, 0.4) is 0 Å². The van der Waals surface area contributed by atoms with E-state index < -0.39 is 23.2 Å². The minimum absolute atomic E-state index is 0.00658. The second-order valence-corrected chi connectivity index (χ2v) is 7.63. The van der Waals surface area contributed by atoms with Gasteiger partial charge < -0.3 is 24.5 Å². The zero-order valence-electron chi connectivity index (χ0n) is 19.6. The lowest BCUT2D eigenvalue weighted by atomic mass is 10.1. The number of nitrogens with one attached hydrogen (secondary N) is 2. The fourth-order valence-electron chi connectivity index (χ4n) is 3.20. The average molecular weight is 506 g/mol. The number of benzene rings is 2. The number of ether oxygens (including phenoxy) is 3. The molecule has 2 aromatic carbocycles. The molecule has 3 aromatic rings. The number of methoxy groups -OCH3 is 2. The van der Waals surface area contributed by atoms with Crippen LogP contribution in [0.2, 0.25) is 0 Å². The standard InChI is InChI=1S/C24H25F3N4O5/c1-34-10-11-36-19-8-6-16(13-20(19)35-2)22-29-23(33)18(30-31-22)7-9-21(32)28-14-15-4-3-5-17(12-15)24(25,26)27/h3-6,8,12-13H,7,9-11,14H2,1-2H3,(H,28,32)(H,29,31,33). The van der Waals surface area contributed by atoms with Crippen molar-refractivity contribution in [3.05, 3.63) is 69.6 Å². The van der Waals surface area contributed by atoms with Crippen LogP contribution in [0.1, 0.15) is 23.2 Å². The first-order valence-electron chi connectivity index (χ1n) is 10.9. The largest absolute Gasteiger partial charge is 0.493 e. The minimum Gasteiger partial charge on any atom is -0.493 e. The monoisotopic (exact) mass is 506 g/mol. The molecule has 0 aliphatic rings. The Labute approximate surface area is 204 Å². The number of aromatic amines is 1. The number of aryl methyl sites for hydroxylation is 1. The predicted molar refractivity (Wildman–Crippen MR) is 124 cm³/mol. The molecule has 0 saturated carbocycles. The molecule has 0 unspecified atom stereocenters. The van der Waals surface area contributed by atoms with Crippen LogP contribution in [-0.2, 0) is 28.7 Å². The van der Waals surface area contributed by atoms with E-state index in [1.165, 1.54) is 19.2 Å². The number of rotatable bonds is 11. The number of hydrogen-bond donors (Lipinski definition) is 2. The molecule has 0 radical (unpaired) electrons. The molecule has 0 fully saturated rings. The summed E-state index contributed by atoms with van der Waals surface area (Å²) in [5.41, 5.74) is -0.391. The normalized spacial score (nSPS) is 11.2. The van der Waals surface area contributed by atoms with Gasteiger partial charge in [0.15, 0.2) is 17.3 Å². The predicted octanol–water partition coefficient (Wildman–Crippen LogP) is 3.13. The van der Waals surface area contributed by atoms with Crippen LogP contribution in [0.4, 0.5) is 13.2 Å². The second kappa shape index (κ2) is 12.2. The van der Waals surface area contributed by atoms with Crippen molar-refractivity contribution >= 4 is 5.91 Å². The highest BCUT2D eigenvalue weighted by atomic mass is 19.4. The fraction of sp³-hybridized carbons (Fsp3) is 0.333. The molecule has 0 bridgehead atoms. The SMILES string of the molecule is COCCOc1ccc(-c2nnc(CCC(=O)NCc3cccc(C(F)(F)F)c3)c(=O)[nH]2)cc1OC. The molecule has 0 saturated heterocycles. The maximum atomic E-state index is 12.8. The molecule has 1 heterocycles. The van der Waals surface area contributed by atoms with Crippen LogP contribution in [0.5, 0.6) is 11.5 Å². The van der Waals surface area contributed by atoms with Crippen molar-refractivity contribution in [3.63, 3.8) is 0 Å². The lowest BCUT2D eigenvalue weighted by Gasteiger charge is -2.11. The van der Waals surface area contributed by atoms with Gasteiger partial charge >= 0.3 is 6.18 Å². The molecule has 0 aliphatic carbocycles. The van der Waals surface area contributed by atoms with Gasteiger partial charge in [-0.15, -0.1) is 10.2 Å².